The highest BCUT2D eigenvalue weighted by atomic mass is 16.6. The van der Waals surface area contributed by atoms with Gasteiger partial charge in [-0.05, 0) is 41.3 Å². The van der Waals surface area contributed by atoms with Crippen LogP contribution in [-0.4, -0.2) is 55.6 Å². The summed E-state index contributed by atoms with van der Waals surface area (Å²) >= 11 is 0. The molecule has 5 aromatic rings. The first-order valence-electron chi connectivity index (χ1n) is 12.2. The lowest BCUT2D eigenvalue weighted by atomic mass is 9.99. The topological polar surface area (TPSA) is 113 Å². The summed E-state index contributed by atoms with van der Waals surface area (Å²) in [5, 5.41) is 19.1. The molecule has 0 bridgehead atoms. The Bertz CT molecular complexity index is 1660. The molecule has 1 fully saturated rings. The molecule has 6 rings (SSSR count). The van der Waals surface area contributed by atoms with E-state index in [2.05, 4.69) is 44.3 Å². The van der Waals surface area contributed by atoms with Gasteiger partial charge in [0.25, 0.3) is 0 Å². The third-order valence-electron chi connectivity index (χ3n) is 6.93. The van der Waals surface area contributed by atoms with Crippen molar-refractivity contribution in [3.63, 3.8) is 0 Å². The van der Waals surface area contributed by atoms with Gasteiger partial charge in [0.05, 0.1) is 10.4 Å². The minimum Gasteiger partial charge on any atom is -0.350 e. The van der Waals surface area contributed by atoms with E-state index < -0.39 is 0 Å². The molecule has 37 heavy (non-hydrogen) atoms. The molecule has 0 unspecified atom stereocenters. The minimum atomic E-state index is -0.363. The van der Waals surface area contributed by atoms with Crippen molar-refractivity contribution >= 4 is 28.1 Å². The predicted octanol–water partition coefficient (Wildman–Crippen LogP) is 3.86. The second kappa shape index (κ2) is 9.47. The number of nitro groups is 1. The fourth-order valence-electron chi connectivity index (χ4n) is 5.14. The van der Waals surface area contributed by atoms with E-state index in [-0.39, 0.29) is 16.3 Å². The van der Waals surface area contributed by atoms with Gasteiger partial charge >= 0.3 is 11.4 Å². The zero-order valence-corrected chi connectivity index (χ0v) is 20.1. The second-order valence-electron chi connectivity index (χ2n) is 9.21. The fourth-order valence-corrected chi connectivity index (χ4v) is 5.14. The van der Waals surface area contributed by atoms with E-state index in [1.54, 1.807) is 16.7 Å². The molecule has 0 amide bonds. The average molecular weight is 496 g/mol. The van der Waals surface area contributed by atoms with Crippen LogP contribution >= 0.6 is 0 Å². The first-order valence-corrected chi connectivity index (χ1v) is 12.2. The maximum absolute atomic E-state index is 12.3. The molecule has 4 heterocycles. The molecule has 3 aromatic heterocycles. The Morgan fingerprint density at radius 2 is 1.81 bits per heavy atom. The van der Waals surface area contributed by atoms with Crippen LogP contribution in [0.5, 0.6) is 0 Å². The first kappa shape index (κ1) is 22.9. The van der Waals surface area contributed by atoms with Gasteiger partial charge < -0.3 is 4.90 Å². The summed E-state index contributed by atoms with van der Waals surface area (Å²) in [6.45, 7) is 3.93. The smallest absolute Gasteiger partial charge is 0.348 e. The molecule has 0 atom stereocenters. The Morgan fingerprint density at radius 3 is 2.65 bits per heavy atom. The first-order chi connectivity index (χ1) is 18.1. The van der Waals surface area contributed by atoms with Gasteiger partial charge in [-0.15, -0.1) is 0 Å². The van der Waals surface area contributed by atoms with Crippen LogP contribution in [0.15, 0.2) is 77.7 Å². The quantitative estimate of drug-likeness (QED) is 0.291. The number of anilines is 1. The lowest BCUT2D eigenvalue weighted by molar-refractivity contribution is -0.384. The number of aromatic amines is 1. The number of fused-ring (bicyclic) bond motifs is 3. The van der Waals surface area contributed by atoms with Crippen molar-refractivity contribution in [3.05, 3.63) is 99.1 Å². The van der Waals surface area contributed by atoms with E-state index in [4.69, 9.17) is 0 Å². The van der Waals surface area contributed by atoms with Crippen LogP contribution in [0.4, 0.5) is 11.5 Å². The molecular weight excluding hydrogens is 470 g/mol. The van der Waals surface area contributed by atoms with Gasteiger partial charge in [-0.1, -0.05) is 42.5 Å². The van der Waals surface area contributed by atoms with Crippen LogP contribution in [0.2, 0.25) is 0 Å². The number of pyridine rings is 2. The van der Waals surface area contributed by atoms with E-state index in [1.807, 2.05) is 35.2 Å². The number of aromatic nitrogens is 4. The summed E-state index contributed by atoms with van der Waals surface area (Å²) in [5.74, 6) is 0.446. The van der Waals surface area contributed by atoms with Gasteiger partial charge in [0, 0.05) is 50.4 Å². The van der Waals surface area contributed by atoms with Gasteiger partial charge in [-0.3, -0.25) is 15.0 Å². The highest BCUT2D eigenvalue weighted by molar-refractivity contribution is 5.97. The normalized spacial score (nSPS) is 14.8. The molecule has 0 radical (unpaired) electrons. The predicted molar refractivity (Wildman–Crippen MR) is 142 cm³/mol. The molecule has 0 saturated carbocycles. The largest absolute Gasteiger partial charge is 0.350 e. The van der Waals surface area contributed by atoms with E-state index in [0.717, 1.165) is 54.6 Å². The van der Waals surface area contributed by atoms with E-state index in [0.29, 0.717) is 18.0 Å². The van der Waals surface area contributed by atoms with E-state index in [1.165, 1.54) is 11.6 Å². The van der Waals surface area contributed by atoms with Crippen molar-refractivity contribution in [2.24, 2.45) is 0 Å². The minimum absolute atomic E-state index is 0.0527. The van der Waals surface area contributed by atoms with Crippen molar-refractivity contribution in [3.8, 4) is 11.1 Å². The van der Waals surface area contributed by atoms with Gasteiger partial charge in [0.2, 0.25) is 5.82 Å². The average Bonchev–Trinajstić information content (AvgIpc) is 3.15. The number of nitrogens with one attached hydrogen (secondary N) is 1. The molecule has 1 aliphatic rings. The van der Waals surface area contributed by atoms with Crippen LogP contribution < -0.4 is 10.6 Å². The maximum atomic E-state index is 12.3. The second-order valence-corrected chi connectivity index (χ2v) is 9.21. The molecule has 10 nitrogen and oxygen atoms in total. The molecule has 186 valence electrons. The summed E-state index contributed by atoms with van der Waals surface area (Å²) < 4.78 is 1.59. The maximum Gasteiger partial charge on any atom is 0.348 e. The molecule has 2 aromatic carbocycles. The molecule has 1 N–H and O–H groups in total. The molecule has 0 aliphatic carbocycles. The number of nitrogens with zero attached hydrogens (tertiary/aromatic N) is 6. The van der Waals surface area contributed by atoms with Crippen LogP contribution in [-0.2, 0) is 6.54 Å². The number of H-pyrrole nitrogens is 1. The summed E-state index contributed by atoms with van der Waals surface area (Å²) in [5.41, 5.74) is 4.49. The Morgan fingerprint density at radius 1 is 0.973 bits per heavy atom. The zero-order chi connectivity index (χ0) is 25.4. The third kappa shape index (κ3) is 4.31. The fraction of sp³-hybridized carbons (Fsp3) is 0.222. The van der Waals surface area contributed by atoms with Gasteiger partial charge in [-0.25, -0.2) is 19.3 Å². The van der Waals surface area contributed by atoms with Gasteiger partial charge in [0.1, 0.15) is 0 Å². The van der Waals surface area contributed by atoms with E-state index in [9.17, 15) is 14.9 Å². The summed E-state index contributed by atoms with van der Waals surface area (Å²) in [4.78, 5) is 32.0. The molecule has 1 aliphatic heterocycles. The van der Waals surface area contributed by atoms with Crippen molar-refractivity contribution < 1.29 is 4.92 Å². The van der Waals surface area contributed by atoms with Crippen LogP contribution in [0.25, 0.3) is 27.7 Å². The van der Waals surface area contributed by atoms with Crippen molar-refractivity contribution in [1.29, 1.82) is 0 Å². The summed E-state index contributed by atoms with van der Waals surface area (Å²) in [6, 6.07) is 21.4. The van der Waals surface area contributed by atoms with Crippen LogP contribution in [0.3, 0.4) is 0 Å². The van der Waals surface area contributed by atoms with Crippen LogP contribution in [0.1, 0.15) is 12.0 Å². The lowest BCUT2D eigenvalue weighted by Gasteiger charge is -2.22. The Hall–Kier alpha value is -4.57. The SMILES string of the molecule is O=c1[nH]nc2cc(-c3ccc(CN4CCCN(c5ncccc5[N+](=O)[O-])CC4)cc3)c3ccccc3n12. The molecule has 0 spiro atoms. The summed E-state index contributed by atoms with van der Waals surface area (Å²) in [6.07, 6.45) is 2.51. The third-order valence-corrected chi connectivity index (χ3v) is 6.93. The van der Waals surface area contributed by atoms with E-state index >= 15 is 0 Å². The Kier molecular flexibility index (Phi) is 5.85. The number of benzene rings is 2. The number of hydrogen-bond donors (Lipinski definition) is 1. The van der Waals surface area contributed by atoms with Gasteiger partial charge in [-0.2, -0.15) is 5.10 Å². The monoisotopic (exact) mass is 495 g/mol. The standard InChI is InChI=1S/C27H25N7O3/c35-27-30-29-25-17-22(21-5-1-2-6-23(21)33(25)27)20-10-8-19(9-11-20)18-31-13-4-14-32(16-15-31)26-24(34(36)37)7-3-12-28-26/h1-3,5-12,17H,4,13-16,18H2,(H,30,35). The zero-order valence-electron chi connectivity index (χ0n) is 20.1. The number of hydrogen-bond acceptors (Lipinski definition) is 7. The highest BCUT2D eigenvalue weighted by Gasteiger charge is 2.23. The summed E-state index contributed by atoms with van der Waals surface area (Å²) in [7, 11) is 0. The molecule has 10 heteroatoms. The number of para-hydroxylation sites is 1. The van der Waals surface area contributed by atoms with Crippen LogP contribution in [0, 0.1) is 10.1 Å². The highest BCUT2D eigenvalue weighted by Crippen LogP contribution is 2.30. The Labute approximate surface area is 211 Å². The lowest BCUT2D eigenvalue weighted by Crippen LogP contribution is -2.31. The van der Waals surface area contributed by atoms with Crippen molar-refractivity contribution in [2.75, 3.05) is 31.1 Å². The molecular formula is C27H25N7O3. The Balaban J connectivity index is 1.20. The van der Waals surface area contributed by atoms with Gasteiger partial charge in [0.15, 0.2) is 5.65 Å². The molecule has 1 saturated heterocycles. The van der Waals surface area contributed by atoms with Crippen molar-refractivity contribution in [1.82, 2.24) is 24.5 Å². The van der Waals surface area contributed by atoms with Crippen molar-refractivity contribution in [2.45, 2.75) is 13.0 Å². The number of rotatable bonds is 5.